The summed E-state index contributed by atoms with van der Waals surface area (Å²) in [5.41, 5.74) is 4.31. The van der Waals surface area contributed by atoms with Crippen molar-refractivity contribution in [1.29, 1.82) is 0 Å². The molecule has 4 aromatic rings. The third kappa shape index (κ3) is 4.35. The van der Waals surface area contributed by atoms with Gasteiger partial charge in [0.25, 0.3) is 5.91 Å². The number of amides is 1. The van der Waals surface area contributed by atoms with Crippen LogP contribution in [0.5, 0.6) is 5.75 Å². The third-order valence-electron chi connectivity index (χ3n) is 6.81. The largest absolute Gasteiger partial charge is 0.494 e. The van der Waals surface area contributed by atoms with Crippen LogP contribution in [0.15, 0.2) is 74.3 Å². The Balaban J connectivity index is 1.64. The maximum atomic E-state index is 13.8. The molecule has 0 bridgehead atoms. The van der Waals surface area contributed by atoms with Crippen molar-refractivity contribution in [2.45, 2.75) is 46.1 Å². The van der Waals surface area contributed by atoms with E-state index in [1.54, 1.807) is 23.1 Å². The zero-order valence-electron chi connectivity index (χ0n) is 20.6. The van der Waals surface area contributed by atoms with Crippen LogP contribution in [0.2, 0.25) is 0 Å². The Morgan fingerprint density at radius 2 is 1.72 bits per heavy atom. The second kappa shape index (κ2) is 9.94. The maximum Gasteiger partial charge on any atom is 0.295 e. The highest BCUT2D eigenvalue weighted by molar-refractivity contribution is 9.10. The number of fused-ring (bicyclic) bond motifs is 2. The van der Waals surface area contributed by atoms with E-state index in [9.17, 15) is 9.59 Å². The van der Waals surface area contributed by atoms with Gasteiger partial charge in [0.15, 0.2) is 5.43 Å². The van der Waals surface area contributed by atoms with E-state index >= 15 is 0 Å². The third-order valence-corrected chi connectivity index (χ3v) is 7.31. The van der Waals surface area contributed by atoms with E-state index in [4.69, 9.17) is 9.15 Å². The summed E-state index contributed by atoms with van der Waals surface area (Å²) >= 11 is 3.45. The SMILES string of the molecule is CCCCCOc1ccc(C2c3c(oc4ccc(Br)cc4c3=O)C(=O)N2c2ccc(C)c(C)c2)cc1. The number of nitrogens with zero attached hydrogens (tertiary/aromatic N) is 1. The predicted octanol–water partition coefficient (Wildman–Crippen LogP) is 7.49. The number of hydrogen-bond donors (Lipinski definition) is 0. The first-order chi connectivity index (χ1) is 17.4. The Morgan fingerprint density at radius 3 is 2.44 bits per heavy atom. The molecule has 6 heteroatoms. The summed E-state index contributed by atoms with van der Waals surface area (Å²) in [5, 5.41) is 0.443. The Kier molecular flexibility index (Phi) is 6.71. The highest BCUT2D eigenvalue weighted by atomic mass is 79.9. The minimum atomic E-state index is -0.608. The van der Waals surface area contributed by atoms with Crippen LogP contribution in [0.1, 0.15) is 65.0 Å². The molecule has 3 aromatic carbocycles. The summed E-state index contributed by atoms with van der Waals surface area (Å²) in [6, 6.07) is 18.2. The van der Waals surface area contributed by atoms with Crippen LogP contribution in [0.25, 0.3) is 11.0 Å². The second-order valence-electron chi connectivity index (χ2n) is 9.29. The molecule has 1 aliphatic heterocycles. The van der Waals surface area contributed by atoms with Crippen molar-refractivity contribution < 1.29 is 13.9 Å². The first-order valence-electron chi connectivity index (χ1n) is 12.3. The van der Waals surface area contributed by atoms with Gasteiger partial charge in [-0.05, 0) is 79.4 Å². The fourth-order valence-corrected chi connectivity index (χ4v) is 5.05. The van der Waals surface area contributed by atoms with Gasteiger partial charge in [-0.15, -0.1) is 0 Å². The van der Waals surface area contributed by atoms with E-state index < -0.39 is 6.04 Å². The lowest BCUT2D eigenvalue weighted by Gasteiger charge is -2.26. The molecule has 5 nitrogen and oxygen atoms in total. The number of carbonyl (C=O) groups is 1. The van der Waals surface area contributed by atoms with Gasteiger partial charge in [-0.3, -0.25) is 14.5 Å². The monoisotopic (exact) mass is 545 g/mol. The van der Waals surface area contributed by atoms with E-state index in [1.807, 2.05) is 56.3 Å². The Hall–Kier alpha value is -3.38. The van der Waals surface area contributed by atoms with E-state index in [-0.39, 0.29) is 17.1 Å². The van der Waals surface area contributed by atoms with Crippen molar-refractivity contribution in [1.82, 2.24) is 0 Å². The number of ether oxygens (including phenoxy) is 1. The zero-order chi connectivity index (χ0) is 25.4. The van der Waals surface area contributed by atoms with Gasteiger partial charge >= 0.3 is 0 Å². The molecule has 0 saturated heterocycles. The van der Waals surface area contributed by atoms with Crippen LogP contribution < -0.4 is 15.1 Å². The number of halogens is 1. The lowest BCUT2D eigenvalue weighted by molar-refractivity contribution is 0.0971. The van der Waals surface area contributed by atoms with Crippen LogP contribution in [0, 0.1) is 13.8 Å². The van der Waals surface area contributed by atoms with Crippen molar-refractivity contribution in [2.75, 3.05) is 11.5 Å². The van der Waals surface area contributed by atoms with Gasteiger partial charge in [-0.25, -0.2) is 0 Å². The molecule has 5 rings (SSSR count). The number of rotatable bonds is 7. The molecular formula is C30H28BrNO4. The van der Waals surface area contributed by atoms with Gasteiger partial charge in [0, 0.05) is 10.2 Å². The topological polar surface area (TPSA) is 59.8 Å². The Bertz CT molecular complexity index is 1510. The molecule has 1 amide bonds. The normalized spacial score (nSPS) is 14.9. The number of anilines is 1. The standard InChI is InChI=1S/C30H28BrNO4/c1-4-5-6-15-35-23-12-8-20(9-13-23)27-26-28(33)24-17-21(31)10-14-25(24)36-29(26)30(34)32(27)22-11-7-18(2)19(3)16-22/h7-14,16-17,27H,4-6,15H2,1-3H3. The average Bonchev–Trinajstić information content (AvgIpc) is 3.17. The van der Waals surface area contributed by atoms with Gasteiger partial charge in [0.05, 0.1) is 23.6 Å². The summed E-state index contributed by atoms with van der Waals surface area (Å²) < 4.78 is 12.7. The maximum absolute atomic E-state index is 13.8. The minimum Gasteiger partial charge on any atom is -0.494 e. The smallest absolute Gasteiger partial charge is 0.295 e. The van der Waals surface area contributed by atoms with Gasteiger partial charge in [-0.2, -0.15) is 0 Å². The lowest BCUT2D eigenvalue weighted by Crippen LogP contribution is -2.29. The molecule has 1 atom stereocenters. The van der Waals surface area contributed by atoms with Crippen molar-refractivity contribution in [3.05, 3.63) is 103 Å². The predicted molar refractivity (Wildman–Crippen MR) is 146 cm³/mol. The molecule has 184 valence electrons. The van der Waals surface area contributed by atoms with Crippen molar-refractivity contribution in [3.8, 4) is 5.75 Å². The zero-order valence-corrected chi connectivity index (χ0v) is 22.2. The molecule has 2 heterocycles. The first-order valence-corrected chi connectivity index (χ1v) is 13.1. The van der Waals surface area contributed by atoms with Gasteiger partial charge in [0.2, 0.25) is 5.76 Å². The summed E-state index contributed by atoms with van der Waals surface area (Å²) in [6.07, 6.45) is 3.27. The van der Waals surface area contributed by atoms with Gasteiger partial charge in [-0.1, -0.05) is 53.9 Å². The molecule has 1 aromatic heterocycles. The number of unbranched alkanes of at least 4 members (excludes halogenated alkanes) is 2. The van der Waals surface area contributed by atoms with Crippen LogP contribution in [-0.4, -0.2) is 12.5 Å². The summed E-state index contributed by atoms with van der Waals surface area (Å²) in [4.78, 5) is 29.2. The average molecular weight is 546 g/mol. The van der Waals surface area contributed by atoms with Gasteiger partial charge < -0.3 is 9.15 Å². The summed E-state index contributed by atoms with van der Waals surface area (Å²) in [6.45, 7) is 6.87. The lowest BCUT2D eigenvalue weighted by atomic mass is 9.98. The van der Waals surface area contributed by atoms with Crippen LogP contribution >= 0.6 is 15.9 Å². The fourth-order valence-electron chi connectivity index (χ4n) is 4.69. The highest BCUT2D eigenvalue weighted by Crippen LogP contribution is 2.42. The molecule has 0 spiro atoms. The Labute approximate surface area is 218 Å². The van der Waals surface area contributed by atoms with E-state index in [0.29, 0.717) is 23.1 Å². The van der Waals surface area contributed by atoms with Crippen LogP contribution in [0.3, 0.4) is 0 Å². The molecule has 0 N–H and O–H groups in total. The molecule has 0 saturated carbocycles. The molecule has 0 radical (unpaired) electrons. The summed E-state index contributed by atoms with van der Waals surface area (Å²) in [7, 11) is 0. The Morgan fingerprint density at radius 1 is 0.944 bits per heavy atom. The first kappa shape index (κ1) is 24.3. The number of carbonyl (C=O) groups excluding carboxylic acids is 1. The fraction of sp³-hybridized carbons (Fsp3) is 0.267. The minimum absolute atomic E-state index is 0.0953. The molecule has 0 fully saturated rings. The molecule has 0 aliphatic carbocycles. The van der Waals surface area contributed by atoms with Crippen LogP contribution in [-0.2, 0) is 0 Å². The summed E-state index contributed by atoms with van der Waals surface area (Å²) in [5.74, 6) is 0.546. The van der Waals surface area contributed by atoms with Crippen LogP contribution in [0.4, 0.5) is 5.69 Å². The van der Waals surface area contributed by atoms with Gasteiger partial charge in [0.1, 0.15) is 11.3 Å². The van der Waals surface area contributed by atoms with Crippen molar-refractivity contribution in [3.63, 3.8) is 0 Å². The molecule has 1 aliphatic rings. The molecular weight excluding hydrogens is 518 g/mol. The van der Waals surface area contributed by atoms with E-state index in [0.717, 1.165) is 51.9 Å². The van der Waals surface area contributed by atoms with E-state index in [2.05, 4.69) is 22.9 Å². The van der Waals surface area contributed by atoms with Crippen molar-refractivity contribution in [2.24, 2.45) is 0 Å². The molecule has 36 heavy (non-hydrogen) atoms. The second-order valence-corrected chi connectivity index (χ2v) is 10.2. The highest BCUT2D eigenvalue weighted by Gasteiger charge is 2.43. The van der Waals surface area contributed by atoms with E-state index in [1.165, 1.54) is 0 Å². The van der Waals surface area contributed by atoms with Crippen molar-refractivity contribution >= 4 is 38.5 Å². The number of benzene rings is 3. The number of hydrogen-bond acceptors (Lipinski definition) is 4. The quantitative estimate of drug-likeness (QED) is 0.226. The molecule has 1 unspecified atom stereocenters. The number of aryl methyl sites for hydroxylation is 2.